The van der Waals surface area contributed by atoms with E-state index >= 15 is 0 Å². The molecule has 6 nitrogen and oxygen atoms in total. The first-order valence-electron chi connectivity index (χ1n) is 11.1. The SMILES string of the molecule is CN(C)[C@@H]1C[C@@H](C(N)=O)N(C(=O)CCCN2Cc3ccccc3C2)[C@H]1c1ccccc1. The molecule has 0 aromatic heterocycles. The van der Waals surface area contributed by atoms with Crippen LogP contribution in [-0.2, 0) is 22.7 Å². The van der Waals surface area contributed by atoms with E-state index in [1.165, 1.54) is 11.1 Å². The number of nitrogens with zero attached hydrogens (tertiary/aromatic N) is 3. The van der Waals surface area contributed by atoms with Crippen LogP contribution in [0, 0.1) is 0 Å². The van der Waals surface area contributed by atoms with Gasteiger partial charge in [-0.2, -0.15) is 0 Å². The number of nitrogens with two attached hydrogens (primary N) is 1. The lowest BCUT2D eigenvalue weighted by molar-refractivity contribution is -0.139. The number of fused-ring (bicyclic) bond motifs is 1. The highest BCUT2D eigenvalue weighted by molar-refractivity contribution is 5.88. The van der Waals surface area contributed by atoms with Crippen LogP contribution in [0.25, 0.3) is 0 Å². The summed E-state index contributed by atoms with van der Waals surface area (Å²) in [5, 5.41) is 0. The number of likely N-dealkylation sites (tertiary alicyclic amines) is 1. The van der Waals surface area contributed by atoms with E-state index in [2.05, 4.69) is 34.1 Å². The van der Waals surface area contributed by atoms with E-state index in [0.29, 0.717) is 12.8 Å². The van der Waals surface area contributed by atoms with Crippen LogP contribution in [-0.4, -0.2) is 59.2 Å². The lowest BCUT2D eigenvalue weighted by Gasteiger charge is -2.33. The molecule has 0 saturated carbocycles. The fourth-order valence-corrected chi connectivity index (χ4v) is 5.10. The molecular weight excluding hydrogens is 388 g/mol. The smallest absolute Gasteiger partial charge is 0.240 e. The molecule has 2 amide bonds. The summed E-state index contributed by atoms with van der Waals surface area (Å²) in [5.74, 6) is -0.410. The summed E-state index contributed by atoms with van der Waals surface area (Å²) < 4.78 is 0. The molecule has 4 rings (SSSR count). The van der Waals surface area contributed by atoms with Crippen LogP contribution in [0.5, 0.6) is 0 Å². The second-order valence-corrected chi connectivity index (χ2v) is 8.92. The van der Waals surface area contributed by atoms with Gasteiger partial charge in [0.1, 0.15) is 6.04 Å². The summed E-state index contributed by atoms with van der Waals surface area (Å²) in [6, 6.07) is 17.8. The summed E-state index contributed by atoms with van der Waals surface area (Å²) in [6.07, 6.45) is 1.75. The van der Waals surface area contributed by atoms with Crippen LogP contribution in [0.4, 0.5) is 0 Å². The van der Waals surface area contributed by atoms with Crippen molar-refractivity contribution in [2.45, 2.75) is 50.5 Å². The Balaban J connectivity index is 1.45. The van der Waals surface area contributed by atoms with E-state index in [1.807, 2.05) is 44.4 Å². The Morgan fingerprint density at radius 3 is 2.19 bits per heavy atom. The van der Waals surface area contributed by atoms with Gasteiger partial charge < -0.3 is 15.5 Å². The molecule has 164 valence electrons. The average molecular weight is 421 g/mol. The van der Waals surface area contributed by atoms with Crippen LogP contribution in [0.2, 0.25) is 0 Å². The fraction of sp³-hybridized carbons (Fsp3) is 0.440. The van der Waals surface area contributed by atoms with Crippen LogP contribution >= 0.6 is 0 Å². The van der Waals surface area contributed by atoms with Crippen molar-refractivity contribution in [2.24, 2.45) is 5.73 Å². The quantitative estimate of drug-likeness (QED) is 0.747. The topological polar surface area (TPSA) is 69.9 Å². The van der Waals surface area contributed by atoms with Gasteiger partial charge in [0.05, 0.1) is 6.04 Å². The second kappa shape index (κ2) is 9.20. The molecule has 31 heavy (non-hydrogen) atoms. The van der Waals surface area contributed by atoms with E-state index in [4.69, 9.17) is 5.73 Å². The number of benzene rings is 2. The summed E-state index contributed by atoms with van der Waals surface area (Å²) in [6.45, 7) is 2.74. The number of likely N-dealkylation sites (N-methyl/N-ethyl adjacent to an activating group) is 1. The van der Waals surface area contributed by atoms with Gasteiger partial charge in [-0.1, -0.05) is 54.6 Å². The first-order valence-corrected chi connectivity index (χ1v) is 11.1. The maximum atomic E-state index is 13.4. The van der Waals surface area contributed by atoms with Crippen LogP contribution in [0.1, 0.15) is 42.0 Å². The maximum absolute atomic E-state index is 13.4. The van der Waals surface area contributed by atoms with Gasteiger partial charge in [-0.25, -0.2) is 0 Å². The Labute approximate surface area is 184 Å². The van der Waals surface area contributed by atoms with E-state index < -0.39 is 11.9 Å². The molecule has 0 bridgehead atoms. The molecule has 6 heteroatoms. The molecule has 2 aliphatic rings. The van der Waals surface area contributed by atoms with Gasteiger partial charge in [-0.15, -0.1) is 0 Å². The van der Waals surface area contributed by atoms with Gasteiger partial charge in [0.15, 0.2) is 0 Å². The molecular formula is C25H32N4O2. The summed E-state index contributed by atoms with van der Waals surface area (Å²) in [7, 11) is 4.00. The zero-order valence-electron chi connectivity index (χ0n) is 18.4. The van der Waals surface area contributed by atoms with E-state index in [-0.39, 0.29) is 18.0 Å². The number of primary amides is 1. The van der Waals surface area contributed by atoms with Crippen molar-refractivity contribution < 1.29 is 9.59 Å². The maximum Gasteiger partial charge on any atom is 0.240 e. The third-order valence-corrected chi connectivity index (χ3v) is 6.66. The molecule has 0 unspecified atom stereocenters. The van der Waals surface area contributed by atoms with Gasteiger partial charge >= 0.3 is 0 Å². The number of amides is 2. The minimum absolute atomic E-state index is 0.0127. The third kappa shape index (κ3) is 4.50. The molecule has 2 aromatic carbocycles. The number of carbonyl (C=O) groups excluding carboxylic acids is 2. The number of hydrogen-bond acceptors (Lipinski definition) is 4. The molecule has 2 N–H and O–H groups in total. The minimum atomic E-state index is -0.568. The van der Waals surface area contributed by atoms with Gasteiger partial charge in [0.25, 0.3) is 0 Å². The lowest BCUT2D eigenvalue weighted by atomic mass is 9.99. The Bertz CT molecular complexity index is 905. The van der Waals surface area contributed by atoms with E-state index in [1.54, 1.807) is 4.90 Å². The van der Waals surface area contributed by atoms with E-state index in [0.717, 1.165) is 31.6 Å². The largest absolute Gasteiger partial charge is 0.368 e. The highest BCUT2D eigenvalue weighted by Gasteiger charge is 2.47. The standard InChI is InChI=1S/C25H32N4O2/c1-27(2)21-15-22(25(26)31)29(24(21)18-9-4-3-5-10-18)23(30)13-8-14-28-16-19-11-6-7-12-20(19)17-28/h3-7,9-12,21-22,24H,8,13-17H2,1-2H3,(H2,26,31)/t21-,22+,24+/m1/s1. The third-order valence-electron chi connectivity index (χ3n) is 6.66. The zero-order chi connectivity index (χ0) is 22.0. The molecule has 2 aromatic rings. The van der Waals surface area contributed by atoms with Crippen molar-refractivity contribution in [1.82, 2.24) is 14.7 Å². The van der Waals surface area contributed by atoms with Crippen LogP contribution < -0.4 is 5.73 Å². The Morgan fingerprint density at radius 2 is 1.61 bits per heavy atom. The Morgan fingerprint density at radius 1 is 1.00 bits per heavy atom. The van der Waals surface area contributed by atoms with Crippen LogP contribution in [0.3, 0.4) is 0 Å². The molecule has 1 fully saturated rings. The van der Waals surface area contributed by atoms with Crippen LogP contribution in [0.15, 0.2) is 54.6 Å². The molecule has 0 radical (unpaired) electrons. The number of hydrogen-bond donors (Lipinski definition) is 1. The molecule has 3 atom stereocenters. The van der Waals surface area contributed by atoms with Crippen molar-refractivity contribution in [3.8, 4) is 0 Å². The summed E-state index contributed by atoms with van der Waals surface area (Å²) >= 11 is 0. The normalized spacial score (nSPS) is 23.3. The lowest BCUT2D eigenvalue weighted by Crippen LogP contribution is -2.45. The molecule has 0 aliphatic carbocycles. The molecule has 2 heterocycles. The highest BCUT2D eigenvalue weighted by Crippen LogP contribution is 2.39. The molecule has 1 saturated heterocycles. The zero-order valence-corrected chi connectivity index (χ0v) is 18.4. The molecule has 0 spiro atoms. The number of carbonyl (C=O) groups is 2. The first kappa shape index (κ1) is 21.5. The van der Waals surface area contributed by atoms with Crippen molar-refractivity contribution in [2.75, 3.05) is 20.6 Å². The predicted molar refractivity (Wildman–Crippen MR) is 121 cm³/mol. The van der Waals surface area contributed by atoms with Gasteiger partial charge in [-0.3, -0.25) is 14.5 Å². The van der Waals surface area contributed by atoms with Crippen molar-refractivity contribution >= 4 is 11.8 Å². The Kier molecular flexibility index (Phi) is 6.39. The summed E-state index contributed by atoms with van der Waals surface area (Å²) in [4.78, 5) is 31.9. The molecule has 2 aliphatic heterocycles. The van der Waals surface area contributed by atoms with Crippen molar-refractivity contribution in [3.63, 3.8) is 0 Å². The van der Waals surface area contributed by atoms with E-state index in [9.17, 15) is 9.59 Å². The first-order chi connectivity index (χ1) is 15.0. The minimum Gasteiger partial charge on any atom is -0.368 e. The second-order valence-electron chi connectivity index (χ2n) is 8.92. The fourth-order valence-electron chi connectivity index (χ4n) is 5.10. The highest BCUT2D eigenvalue weighted by atomic mass is 16.2. The van der Waals surface area contributed by atoms with Crippen molar-refractivity contribution in [1.29, 1.82) is 0 Å². The van der Waals surface area contributed by atoms with Gasteiger partial charge in [-0.05, 0) is 50.2 Å². The summed E-state index contributed by atoms with van der Waals surface area (Å²) in [5.41, 5.74) is 9.55. The predicted octanol–water partition coefficient (Wildman–Crippen LogP) is 2.54. The average Bonchev–Trinajstić information content (AvgIpc) is 3.36. The Hall–Kier alpha value is -2.70. The number of rotatable bonds is 7. The van der Waals surface area contributed by atoms with Crippen molar-refractivity contribution in [3.05, 3.63) is 71.3 Å². The van der Waals surface area contributed by atoms with Gasteiger partial charge in [0.2, 0.25) is 11.8 Å². The monoisotopic (exact) mass is 420 g/mol. The van der Waals surface area contributed by atoms with Gasteiger partial charge in [0, 0.05) is 25.6 Å².